The molecule has 3 N–H and O–H groups in total. The summed E-state index contributed by atoms with van der Waals surface area (Å²) >= 11 is 0. The van der Waals surface area contributed by atoms with Crippen molar-refractivity contribution in [3.8, 4) is 34.6 Å². The van der Waals surface area contributed by atoms with Crippen LogP contribution in [0, 0.1) is 6.92 Å². The van der Waals surface area contributed by atoms with Gasteiger partial charge in [-0.2, -0.15) is 0 Å². The highest BCUT2D eigenvalue weighted by Gasteiger charge is 2.24. The van der Waals surface area contributed by atoms with E-state index in [2.05, 4.69) is 10.2 Å². The van der Waals surface area contributed by atoms with Crippen LogP contribution in [-0.2, 0) is 6.54 Å². The third-order valence-corrected chi connectivity index (χ3v) is 5.20. The number of benzene rings is 3. The van der Waals surface area contributed by atoms with Gasteiger partial charge in [-0.05, 0) is 30.2 Å². The Labute approximate surface area is 184 Å². The normalized spacial score (nSPS) is 10.8. The largest absolute Gasteiger partial charge is 0.507 e. The molecule has 4 rings (SSSR count). The van der Waals surface area contributed by atoms with Crippen LogP contribution in [-0.4, -0.2) is 47.9 Å². The molecule has 3 aromatic carbocycles. The molecule has 0 bridgehead atoms. The Morgan fingerprint density at radius 2 is 1.62 bits per heavy atom. The van der Waals surface area contributed by atoms with Crippen molar-refractivity contribution in [1.29, 1.82) is 0 Å². The van der Waals surface area contributed by atoms with E-state index in [1.165, 1.54) is 15.5 Å². The minimum atomic E-state index is -0.432. The van der Waals surface area contributed by atoms with Crippen molar-refractivity contribution in [1.82, 2.24) is 19.7 Å². The Bertz CT molecular complexity index is 1280. The van der Waals surface area contributed by atoms with Gasteiger partial charge in [-0.1, -0.05) is 53.6 Å². The van der Waals surface area contributed by atoms with Gasteiger partial charge in [0.05, 0.1) is 16.8 Å². The summed E-state index contributed by atoms with van der Waals surface area (Å²) in [5, 5.41) is 39.0. The van der Waals surface area contributed by atoms with Crippen LogP contribution in [0.4, 0.5) is 0 Å². The van der Waals surface area contributed by atoms with Crippen molar-refractivity contribution in [2.24, 2.45) is 0 Å². The number of aryl methyl sites for hydroxylation is 1. The second-order valence-corrected chi connectivity index (χ2v) is 7.48. The van der Waals surface area contributed by atoms with Crippen LogP contribution in [0.25, 0.3) is 17.1 Å². The van der Waals surface area contributed by atoms with Gasteiger partial charge in [-0.15, -0.1) is 5.10 Å². The molecule has 32 heavy (non-hydrogen) atoms. The Kier molecular flexibility index (Phi) is 5.51. The molecule has 0 aliphatic heterocycles. The highest BCUT2D eigenvalue weighted by molar-refractivity contribution is 5.98. The molecule has 1 aromatic heterocycles. The number of carbonyl (C=O) groups is 1. The van der Waals surface area contributed by atoms with Crippen molar-refractivity contribution in [2.45, 2.75) is 13.5 Å². The van der Waals surface area contributed by atoms with Crippen LogP contribution in [0.5, 0.6) is 17.5 Å². The van der Waals surface area contributed by atoms with Gasteiger partial charge in [-0.3, -0.25) is 4.79 Å². The lowest BCUT2D eigenvalue weighted by Gasteiger charge is -2.19. The molecule has 0 radical (unpaired) electrons. The van der Waals surface area contributed by atoms with Gasteiger partial charge in [0.25, 0.3) is 5.91 Å². The molecule has 0 spiro atoms. The molecule has 0 unspecified atom stereocenters. The van der Waals surface area contributed by atoms with Crippen LogP contribution in [0.1, 0.15) is 21.5 Å². The zero-order valence-corrected chi connectivity index (χ0v) is 17.6. The summed E-state index contributed by atoms with van der Waals surface area (Å²) in [6.45, 7) is 2.21. The van der Waals surface area contributed by atoms with Gasteiger partial charge in [0.15, 0.2) is 5.82 Å². The van der Waals surface area contributed by atoms with E-state index >= 15 is 0 Å². The van der Waals surface area contributed by atoms with Crippen LogP contribution < -0.4 is 0 Å². The number of aromatic hydroxyl groups is 3. The first-order valence-corrected chi connectivity index (χ1v) is 9.93. The van der Waals surface area contributed by atoms with Crippen LogP contribution in [0.2, 0.25) is 0 Å². The smallest absolute Gasteiger partial charge is 0.319 e. The Balaban J connectivity index is 1.76. The third-order valence-electron chi connectivity index (χ3n) is 5.20. The number of aromatic nitrogens is 3. The maximum atomic E-state index is 13.1. The monoisotopic (exact) mass is 430 g/mol. The molecule has 0 aliphatic carbocycles. The molecule has 0 saturated carbocycles. The summed E-state index contributed by atoms with van der Waals surface area (Å²) in [5.74, 6) is -0.956. The van der Waals surface area contributed by atoms with Gasteiger partial charge >= 0.3 is 6.01 Å². The van der Waals surface area contributed by atoms with Gasteiger partial charge in [0.1, 0.15) is 11.5 Å². The first kappa shape index (κ1) is 20.9. The molecular formula is C24H22N4O4. The summed E-state index contributed by atoms with van der Waals surface area (Å²) < 4.78 is 1.38. The Hall–Kier alpha value is -4.33. The van der Waals surface area contributed by atoms with Crippen molar-refractivity contribution in [3.05, 3.63) is 83.4 Å². The topological polar surface area (TPSA) is 112 Å². The zero-order chi connectivity index (χ0) is 22.8. The minimum absolute atomic E-state index is 0.00458. The fraction of sp³-hybridized carbons (Fsp3) is 0.125. The predicted molar refractivity (Wildman–Crippen MR) is 119 cm³/mol. The molecule has 0 aliphatic rings. The minimum Gasteiger partial charge on any atom is -0.507 e. The Morgan fingerprint density at radius 1 is 0.938 bits per heavy atom. The molecule has 1 heterocycles. The molecule has 8 nitrogen and oxygen atoms in total. The van der Waals surface area contributed by atoms with Crippen LogP contribution in [0.15, 0.2) is 66.7 Å². The van der Waals surface area contributed by atoms with Crippen LogP contribution >= 0.6 is 0 Å². The van der Waals surface area contributed by atoms with E-state index in [9.17, 15) is 20.1 Å². The van der Waals surface area contributed by atoms with Crippen molar-refractivity contribution in [3.63, 3.8) is 0 Å². The molecule has 0 fully saturated rings. The second-order valence-electron chi connectivity index (χ2n) is 7.48. The first-order chi connectivity index (χ1) is 15.4. The number of hydrogen-bond acceptors (Lipinski definition) is 6. The van der Waals surface area contributed by atoms with E-state index in [0.717, 1.165) is 17.2 Å². The summed E-state index contributed by atoms with van der Waals surface area (Å²) in [4.78, 5) is 14.5. The summed E-state index contributed by atoms with van der Waals surface area (Å²) in [6.07, 6.45) is 0. The molecular weight excluding hydrogens is 408 g/mol. The van der Waals surface area contributed by atoms with E-state index in [0.29, 0.717) is 12.2 Å². The van der Waals surface area contributed by atoms with Crippen molar-refractivity contribution >= 4 is 5.91 Å². The van der Waals surface area contributed by atoms with Crippen LogP contribution in [0.3, 0.4) is 0 Å². The van der Waals surface area contributed by atoms with Crippen molar-refractivity contribution < 1.29 is 20.1 Å². The molecule has 162 valence electrons. The summed E-state index contributed by atoms with van der Waals surface area (Å²) in [7, 11) is 1.63. The number of amides is 1. The Morgan fingerprint density at radius 3 is 2.34 bits per heavy atom. The molecule has 4 aromatic rings. The fourth-order valence-electron chi connectivity index (χ4n) is 3.55. The molecule has 0 atom stereocenters. The van der Waals surface area contributed by atoms with Gasteiger partial charge in [0.2, 0.25) is 0 Å². The summed E-state index contributed by atoms with van der Waals surface area (Å²) in [5.41, 5.74) is 2.55. The van der Waals surface area contributed by atoms with E-state index in [1.807, 2.05) is 49.4 Å². The summed E-state index contributed by atoms with van der Waals surface area (Å²) in [6, 6.07) is 18.8. The number of rotatable bonds is 5. The van der Waals surface area contributed by atoms with E-state index in [-0.39, 0.29) is 34.5 Å². The van der Waals surface area contributed by atoms with E-state index in [1.54, 1.807) is 19.2 Å². The van der Waals surface area contributed by atoms with E-state index in [4.69, 9.17) is 0 Å². The van der Waals surface area contributed by atoms with Gasteiger partial charge in [-0.25, -0.2) is 4.57 Å². The predicted octanol–water partition coefficient (Wildman–Crippen LogP) is 3.63. The number of para-hydroxylation sites is 1. The second kappa shape index (κ2) is 8.43. The number of carbonyl (C=O) groups excluding carboxylic acids is 1. The average Bonchev–Trinajstić information content (AvgIpc) is 3.15. The number of phenols is 2. The lowest BCUT2D eigenvalue weighted by Crippen LogP contribution is -2.26. The van der Waals surface area contributed by atoms with Gasteiger partial charge < -0.3 is 20.2 Å². The molecule has 1 amide bonds. The standard InChI is InChI=1S/C24H22N4O4/c1-15-8-6-7-11-19(15)28-22(25-26-24(28)32)17-12-18(21(30)13-20(17)29)23(31)27(2)14-16-9-4-3-5-10-16/h3-13,29-30H,14H2,1-2H3,(H,26,32). The first-order valence-electron chi connectivity index (χ1n) is 9.93. The zero-order valence-electron chi connectivity index (χ0n) is 17.6. The number of hydrogen-bond donors (Lipinski definition) is 3. The lowest BCUT2D eigenvalue weighted by molar-refractivity contribution is 0.0782. The maximum absolute atomic E-state index is 13.1. The maximum Gasteiger partial charge on any atom is 0.319 e. The highest BCUT2D eigenvalue weighted by atomic mass is 16.3. The van der Waals surface area contributed by atoms with Gasteiger partial charge in [0, 0.05) is 19.7 Å². The molecule has 8 heteroatoms. The highest BCUT2D eigenvalue weighted by Crippen LogP contribution is 2.37. The third kappa shape index (κ3) is 3.85. The molecule has 0 saturated heterocycles. The fourth-order valence-corrected chi connectivity index (χ4v) is 3.55. The quantitative estimate of drug-likeness (QED) is 0.446. The lowest BCUT2D eigenvalue weighted by atomic mass is 10.1. The van der Waals surface area contributed by atoms with E-state index < -0.39 is 5.91 Å². The SMILES string of the molecule is Cc1ccccc1-n1c(O)nnc1-c1cc(C(=O)N(C)Cc2ccccc2)c(O)cc1O. The number of nitrogens with zero attached hydrogens (tertiary/aromatic N) is 4. The van der Waals surface area contributed by atoms with Crippen molar-refractivity contribution in [2.75, 3.05) is 7.05 Å². The average molecular weight is 430 g/mol. The number of phenolic OH excluding ortho intramolecular Hbond substituents is 2.